The van der Waals surface area contributed by atoms with Crippen LogP contribution >= 0.6 is 11.6 Å². The minimum absolute atomic E-state index is 0.292. The lowest BCUT2D eigenvalue weighted by Crippen LogP contribution is -2.27. The maximum Gasteiger partial charge on any atom is 0.228 e. The molecule has 0 fully saturated rings. The molecule has 2 aromatic rings. The van der Waals surface area contributed by atoms with Crippen molar-refractivity contribution in [2.24, 2.45) is 0 Å². The number of nitrogens with zero attached hydrogens (tertiary/aromatic N) is 2. The monoisotopic (exact) mass is 295 g/mol. The fourth-order valence-electron chi connectivity index (χ4n) is 1.98. The highest BCUT2D eigenvalue weighted by Crippen LogP contribution is 2.30. The van der Waals surface area contributed by atoms with E-state index in [9.17, 15) is 0 Å². The minimum Gasteiger partial charge on any atom is -0.496 e. The predicted octanol–water partition coefficient (Wildman–Crippen LogP) is 2.94. The standard InChI is InChI=1S/C14H18ClN3O2/c1-4-16-9(2)7-13-17-14(18-20-13)11-6-5-10(15)8-12(11)19-3/h5-6,8-9,16H,4,7H2,1-3H3. The van der Waals surface area contributed by atoms with Crippen molar-refractivity contribution in [1.29, 1.82) is 0 Å². The van der Waals surface area contributed by atoms with Gasteiger partial charge in [-0.05, 0) is 31.7 Å². The molecule has 0 aliphatic carbocycles. The number of ether oxygens (including phenoxy) is 1. The smallest absolute Gasteiger partial charge is 0.228 e. The highest BCUT2D eigenvalue weighted by atomic mass is 35.5. The zero-order chi connectivity index (χ0) is 14.5. The van der Waals surface area contributed by atoms with Crippen molar-refractivity contribution in [2.45, 2.75) is 26.3 Å². The van der Waals surface area contributed by atoms with Crippen LogP contribution in [0.2, 0.25) is 5.02 Å². The number of benzene rings is 1. The highest BCUT2D eigenvalue weighted by Gasteiger charge is 2.15. The SMILES string of the molecule is CCNC(C)Cc1nc(-c2ccc(Cl)cc2OC)no1. The van der Waals surface area contributed by atoms with E-state index in [1.165, 1.54) is 0 Å². The highest BCUT2D eigenvalue weighted by molar-refractivity contribution is 6.30. The molecule has 5 nitrogen and oxygen atoms in total. The topological polar surface area (TPSA) is 60.2 Å². The first kappa shape index (κ1) is 14.8. The molecule has 0 radical (unpaired) electrons. The van der Waals surface area contributed by atoms with Crippen LogP contribution in [-0.2, 0) is 6.42 Å². The van der Waals surface area contributed by atoms with Gasteiger partial charge in [0.15, 0.2) is 0 Å². The third-order valence-electron chi connectivity index (χ3n) is 2.91. The first-order valence-corrected chi connectivity index (χ1v) is 6.91. The Bertz CT molecular complexity index is 571. The fraction of sp³-hybridized carbons (Fsp3) is 0.429. The third-order valence-corrected chi connectivity index (χ3v) is 3.14. The summed E-state index contributed by atoms with van der Waals surface area (Å²) in [5.74, 6) is 1.74. The molecule has 0 spiro atoms. The maximum absolute atomic E-state index is 5.94. The van der Waals surface area contributed by atoms with Crippen LogP contribution in [0.25, 0.3) is 11.4 Å². The number of rotatable bonds is 6. The van der Waals surface area contributed by atoms with E-state index in [0.29, 0.717) is 34.9 Å². The Morgan fingerprint density at radius 2 is 2.25 bits per heavy atom. The molecule has 108 valence electrons. The lowest BCUT2D eigenvalue weighted by atomic mass is 10.2. The lowest BCUT2D eigenvalue weighted by molar-refractivity contribution is 0.362. The van der Waals surface area contributed by atoms with Crippen molar-refractivity contribution in [3.05, 3.63) is 29.1 Å². The summed E-state index contributed by atoms with van der Waals surface area (Å²) in [4.78, 5) is 4.40. The van der Waals surface area contributed by atoms with Crippen LogP contribution in [-0.4, -0.2) is 29.8 Å². The van der Waals surface area contributed by atoms with Gasteiger partial charge in [-0.2, -0.15) is 4.98 Å². The van der Waals surface area contributed by atoms with Gasteiger partial charge < -0.3 is 14.6 Å². The van der Waals surface area contributed by atoms with Gasteiger partial charge in [0.25, 0.3) is 0 Å². The van der Waals surface area contributed by atoms with Gasteiger partial charge in [0.05, 0.1) is 12.7 Å². The van der Waals surface area contributed by atoms with Crippen molar-refractivity contribution in [3.8, 4) is 17.1 Å². The summed E-state index contributed by atoms with van der Waals surface area (Å²) in [6.07, 6.45) is 0.691. The number of hydrogen-bond acceptors (Lipinski definition) is 5. The van der Waals surface area contributed by atoms with Crippen LogP contribution in [0.4, 0.5) is 0 Å². The zero-order valence-corrected chi connectivity index (χ0v) is 12.6. The fourth-order valence-corrected chi connectivity index (χ4v) is 2.14. The first-order chi connectivity index (χ1) is 9.63. The molecule has 1 N–H and O–H groups in total. The van der Waals surface area contributed by atoms with Gasteiger partial charge in [-0.15, -0.1) is 0 Å². The molecular formula is C14H18ClN3O2. The van der Waals surface area contributed by atoms with Crippen LogP contribution in [0.3, 0.4) is 0 Å². The van der Waals surface area contributed by atoms with E-state index in [1.807, 2.05) is 6.07 Å². The molecule has 6 heteroatoms. The Balaban J connectivity index is 2.20. The van der Waals surface area contributed by atoms with E-state index in [0.717, 1.165) is 12.1 Å². The van der Waals surface area contributed by atoms with E-state index >= 15 is 0 Å². The second-order valence-corrected chi connectivity index (χ2v) is 4.96. The molecule has 2 rings (SSSR count). The van der Waals surface area contributed by atoms with Gasteiger partial charge in [0.1, 0.15) is 5.75 Å². The van der Waals surface area contributed by atoms with Crippen molar-refractivity contribution < 1.29 is 9.26 Å². The summed E-state index contributed by atoms with van der Waals surface area (Å²) in [5.41, 5.74) is 0.767. The number of halogens is 1. The molecule has 0 bridgehead atoms. The molecule has 1 aromatic carbocycles. The van der Waals surface area contributed by atoms with Crippen molar-refractivity contribution >= 4 is 11.6 Å². The lowest BCUT2D eigenvalue weighted by Gasteiger charge is -2.08. The summed E-state index contributed by atoms with van der Waals surface area (Å²) in [5, 5.41) is 7.91. The van der Waals surface area contributed by atoms with Crippen LogP contribution in [0.15, 0.2) is 22.7 Å². The first-order valence-electron chi connectivity index (χ1n) is 6.54. The minimum atomic E-state index is 0.292. The molecule has 1 atom stereocenters. The molecule has 0 saturated heterocycles. The van der Waals surface area contributed by atoms with Crippen LogP contribution in [0.1, 0.15) is 19.7 Å². The second kappa shape index (κ2) is 6.72. The largest absolute Gasteiger partial charge is 0.496 e. The normalized spacial score (nSPS) is 12.4. The number of aromatic nitrogens is 2. The van der Waals surface area contributed by atoms with E-state index in [-0.39, 0.29) is 0 Å². The molecule has 1 aromatic heterocycles. The Labute approximate surface area is 123 Å². The average molecular weight is 296 g/mol. The predicted molar refractivity (Wildman–Crippen MR) is 78.1 cm³/mol. The number of nitrogens with one attached hydrogen (secondary N) is 1. The van der Waals surface area contributed by atoms with Crippen molar-refractivity contribution in [3.63, 3.8) is 0 Å². The molecule has 20 heavy (non-hydrogen) atoms. The Hall–Kier alpha value is -1.59. The van der Waals surface area contributed by atoms with Gasteiger partial charge in [-0.1, -0.05) is 23.7 Å². The molecule has 1 unspecified atom stereocenters. The quantitative estimate of drug-likeness (QED) is 0.888. The van der Waals surface area contributed by atoms with E-state index in [4.69, 9.17) is 20.9 Å². The number of hydrogen-bond donors (Lipinski definition) is 1. The van der Waals surface area contributed by atoms with Gasteiger partial charge in [-0.3, -0.25) is 0 Å². The van der Waals surface area contributed by atoms with Gasteiger partial charge in [0.2, 0.25) is 11.7 Å². The van der Waals surface area contributed by atoms with Crippen molar-refractivity contribution in [2.75, 3.05) is 13.7 Å². The summed E-state index contributed by atoms with van der Waals surface area (Å²) in [7, 11) is 1.59. The van der Waals surface area contributed by atoms with Gasteiger partial charge in [0, 0.05) is 17.5 Å². The van der Waals surface area contributed by atoms with E-state index in [1.54, 1.807) is 19.2 Å². The summed E-state index contributed by atoms with van der Waals surface area (Å²) in [6.45, 7) is 5.05. The van der Waals surface area contributed by atoms with Gasteiger partial charge >= 0.3 is 0 Å². The third kappa shape index (κ3) is 3.49. The number of methoxy groups -OCH3 is 1. The van der Waals surface area contributed by atoms with Gasteiger partial charge in [-0.25, -0.2) is 0 Å². The summed E-state index contributed by atoms with van der Waals surface area (Å²) >= 11 is 5.94. The van der Waals surface area contributed by atoms with Crippen LogP contribution < -0.4 is 10.1 Å². The zero-order valence-electron chi connectivity index (χ0n) is 11.8. The summed E-state index contributed by atoms with van der Waals surface area (Å²) in [6, 6.07) is 5.62. The Morgan fingerprint density at radius 3 is 2.95 bits per heavy atom. The molecular weight excluding hydrogens is 278 g/mol. The molecule has 0 aliphatic heterocycles. The Kier molecular flexibility index (Phi) is 4.98. The number of likely N-dealkylation sites (N-methyl/N-ethyl adjacent to an activating group) is 1. The summed E-state index contributed by atoms with van der Waals surface area (Å²) < 4.78 is 10.6. The van der Waals surface area contributed by atoms with Crippen molar-refractivity contribution in [1.82, 2.24) is 15.5 Å². The molecule has 0 aliphatic rings. The average Bonchev–Trinajstić information content (AvgIpc) is 2.87. The maximum atomic E-state index is 5.94. The van der Waals surface area contributed by atoms with E-state index < -0.39 is 0 Å². The van der Waals surface area contributed by atoms with Crippen LogP contribution in [0.5, 0.6) is 5.75 Å². The van der Waals surface area contributed by atoms with E-state index in [2.05, 4.69) is 29.3 Å². The second-order valence-electron chi connectivity index (χ2n) is 4.52. The molecule has 1 heterocycles. The van der Waals surface area contributed by atoms with Crippen LogP contribution in [0, 0.1) is 0 Å². The Morgan fingerprint density at radius 1 is 1.45 bits per heavy atom. The molecule has 0 amide bonds. The molecule has 0 saturated carbocycles.